The summed E-state index contributed by atoms with van der Waals surface area (Å²) in [6.07, 6.45) is 4.20. The second kappa shape index (κ2) is 8.67. The molecule has 0 bridgehead atoms. The zero-order chi connectivity index (χ0) is 16.8. The summed E-state index contributed by atoms with van der Waals surface area (Å²) >= 11 is 6.15. The van der Waals surface area contributed by atoms with Crippen molar-refractivity contribution in [3.63, 3.8) is 0 Å². The smallest absolute Gasteiger partial charge is 0.224 e. The molecule has 2 N–H and O–H groups in total. The molecule has 0 saturated heterocycles. The summed E-state index contributed by atoms with van der Waals surface area (Å²) in [4.78, 5) is 14.1. The summed E-state index contributed by atoms with van der Waals surface area (Å²) in [7, 11) is 1.80. The lowest BCUT2D eigenvalue weighted by molar-refractivity contribution is -0.131. The van der Waals surface area contributed by atoms with Crippen LogP contribution in [0.5, 0.6) is 0 Å². The van der Waals surface area contributed by atoms with Gasteiger partial charge in [0.15, 0.2) is 0 Å². The van der Waals surface area contributed by atoms with E-state index in [-0.39, 0.29) is 24.1 Å². The lowest BCUT2D eigenvalue weighted by Crippen LogP contribution is -2.47. The predicted molar refractivity (Wildman–Crippen MR) is 93.4 cm³/mol. The van der Waals surface area contributed by atoms with Crippen molar-refractivity contribution in [2.75, 3.05) is 7.05 Å². The van der Waals surface area contributed by atoms with E-state index in [1.54, 1.807) is 11.9 Å². The van der Waals surface area contributed by atoms with Crippen molar-refractivity contribution in [2.24, 2.45) is 0 Å². The zero-order valence-electron chi connectivity index (χ0n) is 14.0. The molecule has 4 nitrogen and oxygen atoms in total. The lowest BCUT2D eigenvalue weighted by atomic mass is 9.92. The molecule has 0 aromatic heterocycles. The highest BCUT2D eigenvalue weighted by atomic mass is 35.5. The normalized spacial score (nSPS) is 22.6. The van der Waals surface area contributed by atoms with Crippen molar-refractivity contribution in [3.05, 3.63) is 34.9 Å². The molecule has 128 valence electrons. The molecular formula is C18H27ClN2O2. The number of rotatable bonds is 6. The number of benzene rings is 1. The molecule has 1 amide bonds. The molecule has 23 heavy (non-hydrogen) atoms. The molecule has 0 radical (unpaired) electrons. The summed E-state index contributed by atoms with van der Waals surface area (Å²) in [6, 6.07) is 7.74. The third kappa shape index (κ3) is 5.48. The molecule has 2 rings (SSSR count). The van der Waals surface area contributed by atoms with Crippen LogP contribution in [0.3, 0.4) is 0 Å². The van der Waals surface area contributed by atoms with Crippen molar-refractivity contribution >= 4 is 17.5 Å². The highest BCUT2D eigenvalue weighted by molar-refractivity contribution is 6.31. The molecule has 0 spiro atoms. The van der Waals surface area contributed by atoms with E-state index in [0.29, 0.717) is 18.0 Å². The van der Waals surface area contributed by atoms with E-state index >= 15 is 0 Å². The summed E-state index contributed by atoms with van der Waals surface area (Å²) in [6.45, 7) is 2.51. The Hall–Kier alpha value is -1.10. The van der Waals surface area contributed by atoms with Crippen LogP contribution in [0.2, 0.25) is 5.02 Å². The first-order valence-corrected chi connectivity index (χ1v) is 8.76. The Bertz CT molecular complexity index is 523. The van der Waals surface area contributed by atoms with Gasteiger partial charge in [-0.1, -0.05) is 42.6 Å². The van der Waals surface area contributed by atoms with Crippen LogP contribution in [-0.2, 0) is 11.3 Å². The highest BCUT2D eigenvalue weighted by Crippen LogP contribution is 2.20. The van der Waals surface area contributed by atoms with E-state index in [2.05, 4.69) is 5.32 Å². The minimum atomic E-state index is -0.290. The van der Waals surface area contributed by atoms with Crippen molar-refractivity contribution in [3.8, 4) is 0 Å². The Morgan fingerprint density at radius 2 is 2.09 bits per heavy atom. The molecule has 0 aliphatic heterocycles. The summed E-state index contributed by atoms with van der Waals surface area (Å²) in [5, 5.41) is 14.1. The third-order valence-electron chi connectivity index (χ3n) is 4.50. The summed E-state index contributed by atoms with van der Waals surface area (Å²) in [5.74, 6) is 0.0789. The van der Waals surface area contributed by atoms with Gasteiger partial charge in [-0.2, -0.15) is 0 Å². The first kappa shape index (κ1) is 18.2. The van der Waals surface area contributed by atoms with E-state index < -0.39 is 0 Å². The number of halogens is 1. The van der Waals surface area contributed by atoms with Gasteiger partial charge < -0.3 is 15.3 Å². The minimum absolute atomic E-state index is 0.0499. The number of carbonyl (C=O) groups excluding carboxylic acids is 1. The molecule has 1 saturated carbocycles. The second-order valence-electron chi connectivity index (χ2n) is 6.57. The molecule has 1 aromatic rings. The van der Waals surface area contributed by atoms with E-state index in [4.69, 9.17) is 11.6 Å². The van der Waals surface area contributed by atoms with Gasteiger partial charge in [0.2, 0.25) is 5.91 Å². The number of carbonyl (C=O) groups is 1. The number of hydrogen-bond acceptors (Lipinski definition) is 3. The van der Waals surface area contributed by atoms with Crippen LogP contribution in [-0.4, -0.2) is 41.1 Å². The maximum atomic E-state index is 12.4. The summed E-state index contributed by atoms with van der Waals surface area (Å²) < 4.78 is 0. The average molecular weight is 339 g/mol. The average Bonchev–Trinajstić information content (AvgIpc) is 2.51. The van der Waals surface area contributed by atoms with Gasteiger partial charge in [0, 0.05) is 37.1 Å². The Morgan fingerprint density at radius 1 is 1.39 bits per heavy atom. The number of amides is 1. The van der Waals surface area contributed by atoms with Gasteiger partial charge in [0.05, 0.1) is 6.10 Å². The third-order valence-corrected chi connectivity index (χ3v) is 4.87. The van der Waals surface area contributed by atoms with E-state index in [0.717, 1.165) is 31.2 Å². The van der Waals surface area contributed by atoms with Crippen LogP contribution in [0.4, 0.5) is 0 Å². The number of aliphatic hydroxyl groups is 1. The minimum Gasteiger partial charge on any atom is -0.392 e. The maximum Gasteiger partial charge on any atom is 0.224 e. The Kier molecular flexibility index (Phi) is 6.88. The molecule has 3 unspecified atom stereocenters. The molecule has 1 aromatic carbocycles. The molecule has 1 fully saturated rings. The molecule has 1 aliphatic carbocycles. The highest BCUT2D eigenvalue weighted by Gasteiger charge is 2.25. The first-order valence-electron chi connectivity index (χ1n) is 8.39. The van der Waals surface area contributed by atoms with Gasteiger partial charge in [-0.15, -0.1) is 0 Å². The largest absolute Gasteiger partial charge is 0.392 e. The Morgan fingerprint density at radius 3 is 2.78 bits per heavy atom. The van der Waals surface area contributed by atoms with Crippen LogP contribution in [0, 0.1) is 0 Å². The van der Waals surface area contributed by atoms with Gasteiger partial charge >= 0.3 is 0 Å². The van der Waals surface area contributed by atoms with E-state index in [1.807, 2.05) is 31.2 Å². The van der Waals surface area contributed by atoms with Gasteiger partial charge in [0.25, 0.3) is 0 Å². The van der Waals surface area contributed by atoms with Gasteiger partial charge in [-0.3, -0.25) is 4.79 Å². The fraction of sp³-hybridized carbons (Fsp3) is 0.611. The molecule has 3 atom stereocenters. The van der Waals surface area contributed by atoms with Crippen LogP contribution in [0.15, 0.2) is 24.3 Å². The predicted octanol–water partition coefficient (Wildman–Crippen LogP) is 2.97. The van der Waals surface area contributed by atoms with Crippen molar-refractivity contribution in [1.82, 2.24) is 10.2 Å². The molecule has 0 heterocycles. The topological polar surface area (TPSA) is 52.6 Å². The van der Waals surface area contributed by atoms with E-state index in [9.17, 15) is 9.90 Å². The van der Waals surface area contributed by atoms with Gasteiger partial charge in [-0.05, 0) is 31.4 Å². The lowest BCUT2D eigenvalue weighted by Gasteiger charge is -2.31. The van der Waals surface area contributed by atoms with Crippen LogP contribution < -0.4 is 5.32 Å². The number of nitrogens with one attached hydrogen (secondary N) is 1. The maximum absolute atomic E-state index is 12.4. The molecule has 1 aliphatic rings. The van der Waals surface area contributed by atoms with Crippen molar-refractivity contribution in [1.29, 1.82) is 0 Å². The van der Waals surface area contributed by atoms with Crippen LogP contribution in [0.1, 0.15) is 44.6 Å². The number of hydrogen-bond donors (Lipinski definition) is 2. The Labute approximate surface area is 143 Å². The second-order valence-corrected chi connectivity index (χ2v) is 6.98. The van der Waals surface area contributed by atoms with Crippen molar-refractivity contribution in [2.45, 2.75) is 63.8 Å². The molecular weight excluding hydrogens is 312 g/mol. The fourth-order valence-electron chi connectivity index (χ4n) is 3.12. The number of nitrogens with zero attached hydrogens (tertiary/aromatic N) is 1. The van der Waals surface area contributed by atoms with Gasteiger partial charge in [-0.25, -0.2) is 0 Å². The van der Waals surface area contributed by atoms with E-state index in [1.165, 1.54) is 0 Å². The monoisotopic (exact) mass is 338 g/mol. The van der Waals surface area contributed by atoms with Crippen molar-refractivity contribution < 1.29 is 9.90 Å². The SMILES string of the molecule is CC(CC(=O)N(C)Cc1ccccc1Cl)NC1CCCCC1O. The summed E-state index contributed by atoms with van der Waals surface area (Å²) in [5.41, 5.74) is 0.952. The fourth-order valence-corrected chi connectivity index (χ4v) is 3.31. The molecule has 5 heteroatoms. The number of aliphatic hydroxyl groups excluding tert-OH is 1. The standard InChI is InChI=1S/C18H27ClN2O2/c1-13(20-16-9-5-6-10-17(16)22)11-18(23)21(2)12-14-7-3-4-8-15(14)19/h3-4,7-8,13,16-17,20,22H,5-6,9-12H2,1-2H3. The van der Waals surface area contributed by atoms with Crippen LogP contribution >= 0.6 is 11.6 Å². The zero-order valence-corrected chi connectivity index (χ0v) is 14.7. The first-order chi connectivity index (χ1) is 11.0. The van der Waals surface area contributed by atoms with Crippen LogP contribution in [0.25, 0.3) is 0 Å². The quantitative estimate of drug-likeness (QED) is 0.838. The van der Waals surface area contributed by atoms with Gasteiger partial charge in [0.1, 0.15) is 0 Å². The Balaban J connectivity index is 1.81.